The van der Waals surface area contributed by atoms with Gasteiger partial charge in [0.25, 0.3) is 0 Å². The Bertz CT molecular complexity index is 730. The molecule has 2 N–H and O–H groups in total. The molecule has 7 nitrogen and oxygen atoms in total. The molecular weight excluding hydrogens is 297 g/mol. The van der Waals surface area contributed by atoms with Gasteiger partial charge in [0.2, 0.25) is 20.8 Å². The highest BCUT2D eigenvalue weighted by Gasteiger charge is 2.19. The molecule has 19 heavy (non-hydrogen) atoms. The fourth-order valence-corrected chi connectivity index (χ4v) is 1.99. The van der Waals surface area contributed by atoms with Crippen molar-refractivity contribution in [1.29, 1.82) is 0 Å². The number of hydrogen-bond acceptors (Lipinski definition) is 6. The molecule has 2 heterocycles. The van der Waals surface area contributed by atoms with Gasteiger partial charge < -0.3 is 5.32 Å². The van der Waals surface area contributed by atoms with Crippen LogP contribution < -0.4 is 5.32 Å². The molecule has 0 unspecified atom stereocenters. The fraction of sp³-hybridized carbons (Fsp3) is 0.222. The minimum absolute atomic E-state index is 0.283. The Hall–Kier alpha value is -1.74. The Morgan fingerprint density at radius 1 is 1.42 bits per heavy atom. The van der Waals surface area contributed by atoms with Crippen LogP contribution in [0, 0.1) is 12.7 Å². The number of aryl methyl sites for hydroxylation is 1. The third-order valence-electron chi connectivity index (χ3n) is 2.07. The molecular formula is C9H9ClFN5O2S. The lowest BCUT2D eigenvalue weighted by Gasteiger charge is -2.06. The number of H-pyrrole nitrogens is 1. The predicted octanol–water partition coefficient (Wildman–Crippen LogP) is 1.45. The molecule has 0 saturated carbocycles. The Balaban J connectivity index is 2.47. The van der Waals surface area contributed by atoms with Crippen LogP contribution in [0.1, 0.15) is 5.69 Å². The summed E-state index contributed by atoms with van der Waals surface area (Å²) in [7, 11) is -3.69. The molecule has 0 spiro atoms. The van der Waals surface area contributed by atoms with Crippen LogP contribution in [0.15, 0.2) is 11.2 Å². The van der Waals surface area contributed by atoms with E-state index in [0.717, 1.165) is 11.9 Å². The summed E-state index contributed by atoms with van der Waals surface area (Å²) in [5, 5.41) is 7.85. The van der Waals surface area contributed by atoms with E-state index >= 15 is 0 Å². The summed E-state index contributed by atoms with van der Waals surface area (Å²) in [5.41, 5.74) is 0.742. The van der Waals surface area contributed by atoms with E-state index in [1.54, 1.807) is 13.0 Å². The minimum Gasteiger partial charge on any atom is -0.321 e. The summed E-state index contributed by atoms with van der Waals surface area (Å²) < 4.78 is 36.4. The zero-order chi connectivity index (χ0) is 14.2. The van der Waals surface area contributed by atoms with Gasteiger partial charge in [0.1, 0.15) is 0 Å². The topological polar surface area (TPSA) is 101 Å². The van der Waals surface area contributed by atoms with E-state index in [2.05, 4.69) is 25.5 Å². The minimum atomic E-state index is -3.69. The smallest absolute Gasteiger partial charge is 0.250 e. The largest absolute Gasteiger partial charge is 0.321 e. The van der Waals surface area contributed by atoms with E-state index in [0.29, 0.717) is 0 Å². The molecule has 102 valence electrons. The second-order valence-electron chi connectivity index (χ2n) is 3.79. The number of halogens is 2. The summed E-state index contributed by atoms with van der Waals surface area (Å²) in [6.07, 6.45) is 0.902. The van der Waals surface area contributed by atoms with Crippen molar-refractivity contribution in [1.82, 2.24) is 20.2 Å². The highest BCUT2D eigenvalue weighted by atomic mass is 35.5. The van der Waals surface area contributed by atoms with Gasteiger partial charge in [0.05, 0.1) is 0 Å². The van der Waals surface area contributed by atoms with E-state index in [1.165, 1.54) is 0 Å². The zero-order valence-electron chi connectivity index (χ0n) is 9.90. The Labute approximate surface area is 113 Å². The number of aromatic nitrogens is 4. The number of nitrogens with one attached hydrogen (secondary N) is 2. The van der Waals surface area contributed by atoms with Crippen LogP contribution in [0.25, 0.3) is 0 Å². The molecule has 0 aliphatic heterocycles. The quantitative estimate of drug-likeness (QED) is 0.657. The Morgan fingerprint density at radius 2 is 2.11 bits per heavy atom. The Morgan fingerprint density at radius 3 is 2.63 bits per heavy atom. The number of aromatic amines is 1. The Kier molecular flexibility index (Phi) is 3.42. The van der Waals surface area contributed by atoms with Crippen LogP contribution in [0.2, 0.25) is 5.15 Å². The summed E-state index contributed by atoms with van der Waals surface area (Å²) in [6, 6.07) is 1.59. The van der Waals surface area contributed by atoms with Crippen LogP contribution in [-0.2, 0) is 9.84 Å². The lowest BCUT2D eigenvalue weighted by molar-refractivity contribution is 0.583. The second kappa shape index (κ2) is 4.74. The molecule has 0 aliphatic carbocycles. The van der Waals surface area contributed by atoms with Gasteiger partial charge in [-0.15, -0.1) is 0 Å². The molecule has 10 heteroatoms. The van der Waals surface area contributed by atoms with Crippen LogP contribution >= 0.6 is 11.6 Å². The fourth-order valence-electron chi connectivity index (χ4n) is 1.25. The molecule has 0 atom stereocenters. The molecule has 2 aromatic rings. The van der Waals surface area contributed by atoms with E-state index in [9.17, 15) is 12.8 Å². The van der Waals surface area contributed by atoms with Crippen molar-refractivity contribution >= 4 is 33.1 Å². The van der Waals surface area contributed by atoms with E-state index in [4.69, 9.17) is 11.6 Å². The molecule has 0 saturated heterocycles. The van der Waals surface area contributed by atoms with Crippen LogP contribution in [0.5, 0.6) is 0 Å². The van der Waals surface area contributed by atoms with Gasteiger partial charge in [0.15, 0.2) is 16.8 Å². The second-order valence-corrected chi connectivity index (χ2v) is 6.06. The van der Waals surface area contributed by atoms with Crippen molar-refractivity contribution in [2.75, 3.05) is 11.6 Å². The number of anilines is 2. The van der Waals surface area contributed by atoms with Crippen molar-refractivity contribution < 1.29 is 12.8 Å². The maximum Gasteiger partial charge on any atom is 0.250 e. The molecule has 0 aliphatic rings. The van der Waals surface area contributed by atoms with Gasteiger partial charge in [-0.25, -0.2) is 13.4 Å². The summed E-state index contributed by atoms with van der Waals surface area (Å²) >= 11 is 5.54. The van der Waals surface area contributed by atoms with Crippen molar-refractivity contribution in [3.63, 3.8) is 0 Å². The molecule has 2 rings (SSSR count). The first-order valence-corrected chi connectivity index (χ1v) is 7.26. The molecule has 0 amide bonds. The molecule has 2 aromatic heterocycles. The first-order chi connectivity index (χ1) is 8.77. The van der Waals surface area contributed by atoms with Crippen LogP contribution in [0.3, 0.4) is 0 Å². The maximum absolute atomic E-state index is 13.7. The average Bonchev–Trinajstić information content (AvgIpc) is 2.69. The van der Waals surface area contributed by atoms with Gasteiger partial charge in [-0.1, -0.05) is 11.6 Å². The molecule has 0 bridgehead atoms. The SMILES string of the molecule is Cc1cc(Nc2nc(S(C)(=O)=O)nc(Cl)c2F)n[nH]1. The van der Waals surface area contributed by atoms with E-state index in [-0.39, 0.29) is 11.6 Å². The van der Waals surface area contributed by atoms with Crippen molar-refractivity contribution in [3.05, 3.63) is 22.7 Å². The summed E-state index contributed by atoms with van der Waals surface area (Å²) in [4.78, 5) is 6.96. The van der Waals surface area contributed by atoms with Crippen LogP contribution in [-0.4, -0.2) is 34.8 Å². The van der Waals surface area contributed by atoms with E-state index < -0.39 is 26.0 Å². The zero-order valence-corrected chi connectivity index (χ0v) is 11.5. The van der Waals surface area contributed by atoms with Gasteiger partial charge in [0, 0.05) is 18.0 Å². The highest BCUT2D eigenvalue weighted by molar-refractivity contribution is 7.90. The number of hydrogen-bond donors (Lipinski definition) is 2. The normalized spacial score (nSPS) is 11.6. The summed E-state index contributed by atoms with van der Waals surface area (Å²) in [6.45, 7) is 1.75. The number of rotatable bonds is 3. The van der Waals surface area contributed by atoms with Gasteiger partial charge in [-0.05, 0) is 6.92 Å². The molecule has 0 aromatic carbocycles. The van der Waals surface area contributed by atoms with Crippen molar-refractivity contribution in [2.45, 2.75) is 12.1 Å². The number of nitrogens with zero attached hydrogens (tertiary/aromatic N) is 3. The van der Waals surface area contributed by atoms with Crippen LogP contribution in [0.4, 0.5) is 16.0 Å². The third kappa shape index (κ3) is 2.99. The highest BCUT2D eigenvalue weighted by Crippen LogP contribution is 2.23. The monoisotopic (exact) mass is 305 g/mol. The van der Waals surface area contributed by atoms with Crippen molar-refractivity contribution in [3.8, 4) is 0 Å². The van der Waals surface area contributed by atoms with Gasteiger partial charge in [-0.3, -0.25) is 5.10 Å². The first kappa shape index (κ1) is 13.7. The predicted molar refractivity (Wildman–Crippen MR) is 66.7 cm³/mol. The van der Waals surface area contributed by atoms with E-state index in [1.807, 2.05) is 0 Å². The summed E-state index contributed by atoms with van der Waals surface area (Å²) in [5.74, 6) is -1.02. The lowest BCUT2D eigenvalue weighted by Crippen LogP contribution is -2.09. The third-order valence-corrected chi connectivity index (χ3v) is 3.17. The standard InChI is InChI=1S/C9H9ClFN5O2S/c1-4-3-5(16-15-4)12-8-6(11)7(10)13-9(14-8)19(2,17)18/h3H,1-2H3,(H2,12,13,14,15,16). The van der Waals surface area contributed by atoms with Gasteiger partial charge in [-0.2, -0.15) is 14.5 Å². The van der Waals surface area contributed by atoms with Gasteiger partial charge >= 0.3 is 0 Å². The lowest BCUT2D eigenvalue weighted by atomic mass is 10.4. The molecule has 0 radical (unpaired) electrons. The maximum atomic E-state index is 13.7. The molecule has 0 fully saturated rings. The average molecular weight is 306 g/mol. The van der Waals surface area contributed by atoms with Crippen molar-refractivity contribution in [2.24, 2.45) is 0 Å². The first-order valence-electron chi connectivity index (χ1n) is 4.99. The number of sulfone groups is 1.